The molecular weight excluding hydrogens is 926 g/mol. The normalized spacial score (nSPS) is 17.1. The molecule has 4 aromatic carbocycles. The van der Waals surface area contributed by atoms with Crippen molar-refractivity contribution in [1.29, 1.82) is 0 Å². The quantitative estimate of drug-likeness (QED) is 0.121. The zero-order chi connectivity index (χ0) is 46.7. The first-order valence-electron chi connectivity index (χ1n) is 19.5. The second-order valence-electron chi connectivity index (χ2n) is 16.1. The minimum Gasteiger partial charge on any atom is -0.344 e. The highest BCUT2D eigenvalue weighted by molar-refractivity contribution is 7.92. The first-order valence-corrected chi connectivity index (χ1v) is 23.7. The molecule has 7 aromatic rings. The number of hydrogen-bond donors (Lipinski definition) is 2. The van der Waals surface area contributed by atoms with Crippen molar-refractivity contribution < 1.29 is 48.0 Å². The summed E-state index contributed by atoms with van der Waals surface area (Å²) >= 11 is 6.63. The van der Waals surface area contributed by atoms with Crippen molar-refractivity contribution in [2.75, 3.05) is 17.2 Å². The van der Waals surface area contributed by atoms with Crippen LogP contribution in [0.15, 0.2) is 82.5 Å². The highest BCUT2D eigenvalue weighted by atomic mass is 35.5. The van der Waals surface area contributed by atoms with Crippen LogP contribution in [0, 0.1) is 17.6 Å². The molecule has 3 aromatic heterocycles. The molecule has 0 bridgehead atoms. The van der Waals surface area contributed by atoms with Crippen LogP contribution in [0.2, 0.25) is 5.02 Å². The van der Waals surface area contributed by atoms with Gasteiger partial charge in [0, 0.05) is 37.3 Å². The Morgan fingerprint density at radius 2 is 1.66 bits per heavy atom. The summed E-state index contributed by atoms with van der Waals surface area (Å²) in [5, 5.41) is 10.6. The van der Waals surface area contributed by atoms with E-state index in [9.17, 15) is 39.2 Å². The monoisotopic (exact) mass is 958 g/mol. The van der Waals surface area contributed by atoms with Crippen LogP contribution >= 0.6 is 11.6 Å². The number of benzene rings is 4. The van der Waals surface area contributed by atoms with Gasteiger partial charge >= 0.3 is 0 Å². The number of sulfone groups is 1. The summed E-state index contributed by atoms with van der Waals surface area (Å²) in [4.78, 5) is 34.1. The largest absolute Gasteiger partial charge is 0.344 e. The minimum absolute atomic E-state index is 0.00300. The maximum absolute atomic E-state index is 15.6. The Morgan fingerprint density at radius 1 is 0.954 bits per heavy atom. The Labute approximate surface area is 369 Å². The Hall–Kier alpha value is -6.26. The molecular formula is C42H33ClF6N8O6S2. The molecule has 1 saturated carbocycles. The van der Waals surface area contributed by atoms with E-state index in [1.165, 1.54) is 60.3 Å². The van der Waals surface area contributed by atoms with Crippen LogP contribution in [0.5, 0.6) is 0 Å². The molecule has 14 nitrogen and oxygen atoms in total. The standard InChI is InChI=1S/C42H33ClF6N8O6S2/c1-55-36-31(10-9-28(43)34(36)39(53-55)54-65(3,62)63)57-40(51-29-15-21(7-8-25(29)41(57)59)20-5-4-6-24(14-20)64(2,60)61)30(13-19-11-22(44)16-23(45)12-19)50-32(58)18-56-37-33(35(52-56)38(46)47)26-17-27(26)42(37,48)49/h4-12,14-16,26-27,30,38H,13,17-18H2,1-3H3,(H,50,58)(H,53,54)/t26-,27+,30-/m0/s1. The van der Waals surface area contributed by atoms with Gasteiger partial charge < -0.3 is 5.32 Å². The fourth-order valence-corrected chi connectivity index (χ4v) is 10.1. The number of anilines is 1. The maximum Gasteiger partial charge on any atom is 0.293 e. The number of hydrogen-bond acceptors (Lipinski definition) is 9. The van der Waals surface area contributed by atoms with Crippen molar-refractivity contribution in [3.63, 3.8) is 0 Å². The fraction of sp³-hybridized carbons (Fsp3) is 0.262. The lowest BCUT2D eigenvalue weighted by molar-refractivity contribution is -0.123. The van der Waals surface area contributed by atoms with Crippen LogP contribution < -0.4 is 15.6 Å². The van der Waals surface area contributed by atoms with E-state index < -0.39 is 97.5 Å². The summed E-state index contributed by atoms with van der Waals surface area (Å²) < 4.78 is 144. The zero-order valence-electron chi connectivity index (χ0n) is 34.0. The van der Waals surface area contributed by atoms with Crippen LogP contribution in [0.4, 0.5) is 32.2 Å². The van der Waals surface area contributed by atoms with Crippen molar-refractivity contribution >= 4 is 65.0 Å². The molecule has 3 heterocycles. The topological polar surface area (TPSA) is 180 Å². The highest BCUT2D eigenvalue weighted by Gasteiger charge is 2.67. The van der Waals surface area contributed by atoms with Crippen LogP contribution in [0.25, 0.3) is 38.6 Å². The summed E-state index contributed by atoms with van der Waals surface area (Å²) in [6.45, 7) is -1.02. The molecule has 0 spiro atoms. The van der Waals surface area contributed by atoms with Gasteiger partial charge in [0.2, 0.25) is 15.9 Å². The summed E-state index contributed by atoms with van der Waals surface area (Å²) in [5.74, 6) is -9.33. The number of nitrogens with one attached hydrogen (secondary N) is 2. The van der Waals surface area contributed by atoms with Gasteiger partial charge in [-0.15, -0.1) is 0 Å². The van der Waals surface area contributed by atoms with Crippen molar-refractivity contribution in [3.05, 3.63) is 128 Å². The smallest absolute Gasteiger partial charge is 0.293 e. The number of amides is 1. The number of carbonyl (C=O) groups is 1. The summed E-state index contributed by atoms with van der Waals surface area (Å²) in [7, 11) is -6.17. The van der Waals surface area contributed by atoms with E-state index in [0.29, 0.717) is 21.9 Å². The van der Waals surface area contributed by atoms with Gasteiger partial charge in [0.05, 0.1) is 49.7 Å². The SMILES string of the molecule is Cn1nc(NS(C)(=O)=O)c2c(Cl)ccc(-n3c([C@H](Cc4cc(F)cc(F)c4)NC(=O)Cn4nc(C(F)F)c5c4C(F)(F)[C@@H]4C[C@H]54)nc4cc(-c5cccc(S(C)(=O)=O)c5)ccc4c3=O)c21. The van der Waals surface area contributed by atoms with Gasteiger partial charge in [-0.3, -0.25) is 28.2 Å². The number of nitrogens with zero attached hydrogens (tertiary/aromatic N) is 6. The molecule has 3 atom stereocenters. The van der Waals surface area contributed by atoms with Gasteiger partial charge in [-0.25, -0.2) is 39.4 Å². The molecule has 2 aliphatic rings. The van der Waals surface area contributed by atoms with Crippen LogP contribution in [-0.4, -0.2) is 64.4 Å². The van der Waals surface area contributed by atoms with Gasteiger partial charge in [-0.2, -0.15) is 19.0 Å². The van der Waals surface area contributed by atoms with E-state index >= 15 is 13.6 Å². The van der Waals surface area contributed by atoms with E-state index in [4.69, 9.17) is 16.6 Å². The number of fused-ring (bicyclic) bond motifs is 5. The van der Waals surface area contributed by atoms with E-state index in [0.717, 1.165) is 29.2 Å². The molecule has 23 heteroatoms. The maximum atomic E-state index is 15.6. The third-order valence-electron chi connectivity index (χ3n) is 11.4. The number of halogens is 7. The zero-order valence-corrected chi connectivity index (χ0v) is 36.3. The predicted octanol–water partition coefficient (Wildman–Crippen LogP) is 7.09. The van der Waals surface area contributed by atoms with Crippen molar-refractivity contribution in [2.24, 2.45) is 13.0 Å². The van der Waals surface area contributed by atoms with Crippen molar-refractivity contribution in [2.45, 2.75) is 48.6 Å². The summed E-state index contributed by atoms with van der Waals surface area (Å²) in [6, 6.07) is 14.0. The Kier molecular flexibility index (Phi) is 10.4. The summed E-state index contributed by atoms with van der Waals surface area (Å²) in [6.07, 6.45) is -1.86. The molecule has 1 fully saturated rings. The first-order chi connectivity index (χ1) is 30.5. The fourth-order valence-electron chi connectivity index (χ4n) is 8.67. The number of aromatic nitrogens is 6. The Balaban J connectivity index is 1.27. The molecule has 0 aliphatic heterocycles. The minimum atomic E-state index is -3.95. The van der Waals surface area contributed by atoms with Gasteiger partial charge in [-0.1, -0.05) is 29.8 Å². The first kappa shape index (κ1) is 44.0. The number of aryl methyl sites for hydroxylation is 1. The lowest BCUT2D eigenvalue weighted by Crippen LogP contribution is -2.38. The third kappa shape index (κ3) is 7.90. The predicted molar refractivity (Wildman–Crippen MR) is 227 cm³/mol. The average molecular weight is 959 g/mol. The van der Waals surface area contributed by atoms with E-state index in [2.05, 4.69) is 20.2 Å². The molecule has 65 heavy (non-hydrogen) atoms. The van der Waals surface area contributed by atoms with E-state index in [-0.39, 0.29) is 66.6 Å². The molecule has 2 aliphatic carbocycles. The number of alkyl halides is 4. The molecule has 338 valence electrons. The summed E-state index contributed by atoms with van der Waals surface area (Å²) in [5.41, 5.74) is -2.08. The highest BCUT2D eigenvalue weighted by Crippen LogP contribution is 2.68. The van der Waals surface area contributed by atoms with Gasteiger partial charge in [-0.05, 0) is 77.6 Å². The molecule has 0 unspecified atom stereocenters. The number of rotatable bonds is 12. The van der Waals surface area contributed by atoms with Crippen LogP contribution in [-0.2, 0) is 50.6 Å². The Morgan fingerprint density at radius 3 is 2.34 bits per heavy atom. The second kappa shape index (κ2) is 15.4. The van der Waals surface area contributed by atoms with Crippen LogP contribution in [0.1, 0.15) is 53.1 Å². The molecule has 9 rings (SSSR count). The molecule has 2 N–H and O–H groups in total. The van der Waals surface area contributed by atoms with Crippen LogP contribution in [0.3, 0.4) is 0 Å². The number of sulfonamides is 1. The molecule has 0 saturated heterocycles. The van der Waals surface area contributed by atoms with Gasteiger partial charge in [0.15, 0.2) is 15.7 Å². The lowest BCUT2D eigenvalue weighted by Gasteiger charge is -2.24. The van der Waals surface area contributed by atoms with Gasteiger partial charge in [0.1, 0.15) is 35.4 Å². The van der Waals surface area contributed by atoms with E-state index in [1.807, 2.05) is 0 Å². The molecule has 0 radical (unpaired) electrons. The van der Waals surface area contributed by atoms with E-state index in [1.54, 1.807) is 6.07 Å². The number of carbonyl (C=O) groups excluding carboxylic acids is 1. The Bertz CT molecular complexity index is 3450. The van der Waals surface area contributed by atoms with Gasteiger partial charge in [0.25, 0.3) is 17.9 Å². The second-order valence-corrected chi connectivity index (χ2v) is 20.2. The lowest BCUT2D eigenvalue weighted by atomic mass is 10.0. The average Bonchev–Trinajstić information content (AvgIpc) is 3.75. The third-order valence-corrected chi connectivity index (χ3v) is 13.4. The van der Waals surface area contributed by atoms with Crippen molar-refractivity contribution in [1.82, 2.24) is 34.4 Å². The molecule has 1 amide bonds. The van der Waals surface area contributed by atoms with Crippen molar-refractivity contribution in [3.8, 4) is 16.8 Å².